The third-order valence-corrected chi connectivity index (χ3v) is 1.93. The first kappa shape index (κ1) is 7.86. The summed E-state index contributed by atoms with van der Waals surface area (Å²) in [5, 5.41) is 2.67. The molecule has 0 saturated carbocycles. The Hall–Kier alpha value is -1.77. The van der Waals surface area contributed by atoms with Gasteiger partial charge in [-0.2, -0.15) is 0 Å². The van der Waals surface area contributed by atoms with E-state index in [4.69, 9.17) is 0 Å². The topological polar surface area (TPSA) is 37.8 Å². The summed E-state index contributed by atoms with van der Waals surface area (Å²) in [5.74, 6) is 0. The molecular formula is C10H10N2O. The van der Waals surface area contributed by atoms with Crippen molar-refractivity contribution in [1.29, 1.82) is 0 Å². The average Bonchev–Trinajstić information content (AvgIpc) is 2.47. The predicted molar refractivity (Wildman–Crippen MR) is 51.5 cm³/mol. The van der Waals surface area contributed by atoms with Crippen LogP contribution in [-0.4, -0.2) is 9.78 Å². The van der Waals surface area contributed by atoms with Crippen molar-refractivity contribution in [1.82, 2.24) is 9.78 Å². The summed E-state index contributed by atoms with van der Waals surface area (Å²) in [6.07, 6.45) is 1.79. The van der Waals surface area contributed by atoms with Gasteiger partial charge in [0.1, 0.15) is 0 Å². The Morgan fingerprint density at radius 2 is 1.92 bits per heavy atom. The summed E-state index contributed by atoms with van der Waals surface area (Å²) >= 11 is 0. The van der Waals surface area contributed by atoms with Crippen molar-refractivity contribution in [2.75, 3.05) is 0 Å². The van der Waals surface area contributed by atoms with Crippen LogP contribution in [-0.2, 0) is 7.05 Å². The maximum absolute atomic E-state index is 11.4. The fourth-order valence-electron chi connectivity index (χ4n) is 1.33. The van der Waals surface area contributed by atoms with Crippen LogP contribution in [0.15, 0.2) is 41.3 Å². The zero-order valence-corrected chi connectivity index (χ0v) is 7.32. The maximum Gasteiger partial charge on any atom is 0.271 e. The van der Waals surface area contributed by atoms with Crippen LogP contribution < -0.4 is 5.56 Å². The molecule has 0 aliphatic rings. The molecule has 0 radical (unpaired) electrons. The van der Waals surface area contributed by atoms with Crippen molar-refractivity contribution >= 4 is 0 Å². The molecule has 0 unspecified atom stereocenters. The number of rotatable bonds is 1. The van der Waals surface area contributed by atoms with E-state index in [2.05, 4.69) is 5.10 Å². The molecule has 0 aliphatic heterocycles. The summed E-state index contributed by atoms with van der Waals surface area (Å²) in [4.78, 5) is 11.4. The standard InChI is InChI=1S/C10H10N2O/c1-12-7-9(10(13)11-12)8-5-3-2-4-6-8/h2-7H,1H3,(H,11,13). The van der Waals surface area contributed by atoms with Crippen LogP contribution in [0.4, 0.5) is 0 Å². The normalized spacial score (nSPS) is 10.2. The Bertz CT molecular complexity index is 453. The van der Waals surface area contributed by atoms with E-state index < -0.39 is 0 Å². The first-order valence-electron chi connectivity index (χ1n) is 4.08. The van der Waals surface area contributed by atoms with Crippen LogP contribution in [0, 0.1) is 0 Å². The highest BCUT2D eigenvalue weighted by Gasteiger charge is 2.03. The molecule has 13 heavy (non-hydrogen) atoms. The summed E-state index contributed by atoms with van der Waals surface area (Å²) in [5.41, 5.74) is 1.61. The molecule has 0 aliphatic carbocycles. The maximum atomic E-state index is 11.4. The quantitative estimate of drug-likeness (QED) is 0.696. The van der Waals surface area contributed by atoms with Gasteiger partial charge in [0.2, 0.25) is 0 Å². The number of aromatic nitrogens is 2. The molecule has 2 aromatic rings. The molecule has 2 rings (SSSR count). The highest BCUT2D eigenvalue weighted by Crippen LogP contribution is 2.12. The van der Waals surface area contributed by atoms with Gasteiger partial charge in [0.15, 0.2) is 0 Å². The van der Waals surface area contributed by atoms with Crippen LogP contribution in [0.3, 0.4) is 0 Å². The van der Waals surface area contributed by atoms with Crippen molar-refractivity contribution in [3.05, 3.63) is 46.9 Å². The molecule has 0 atom stereocenters. The molecule has 1 aromatic heterocycles. The molecular weight excluding hydrogens is 164 g/mol. The lowest BCUT2D eigenvalue weighted by Gasteiger charge is -1.92. The summed E-state index contributed by atoms with van der Waals surface area (Å²) < 4.78 is 1.66. The number of aromatic amines is 1. The second-order valence-electron chi connectivity index (χ2n) is 2.96. The number of benzene rings is 1. The second kappa shape index (κ2) is 2.94. The van der Waals surface area contributed by atoms with E-state index >= 15 is 0 Å². The molecule has 1 aromatic carbocycles. The first-order valence-corrected chi connectivity index (χ1v) is 4.08. The summed E-state index contributed by atoms with van der Waals surface area (Å²) in [6, 6.07) is 9.61. The van der Waals surface area contributed by atoms with Gasteiger partial charge in [-0.25, -0.2) is 0 Å². The third kappa shape index (κ3) is 1.40. The van der Waals surface area contributed by atoms with E-state index in [0.29, 0.717) is 5.56 Å². The Kier molecular flexibility index (Phi) is 1.77. The number of hydrogen-bond donors (Lipinski definition) is 1. The van der Waals surface area contributed by atoms with Gasteiger partial charge in [0, 0.05) is 13.2 Å². The van der Waals surface area contributed by atoms with E-state index in [1.165, 1.54) is 0 Å². The van der Waals surface area contributed by atoms with Crippen molar-refractivity contribution in [3.63, 3.8) is 0 Å². The van der Waals surface area contributed by atoms with Crippen LogP contribution in [0.2, 0.25) is 0 Å². The molecule has 0 fully saturated rings. The smallest absolute Gasteiger partial charge is 0.271 e. The Morgan fingerprint density at radius 1 is 1.23 bits per heavy atom. The van der Waals surface area contributed by atoms with Crippen LogP contribution >= 0.6 is 0 Å². The van der Waals surface area contributed by atoms with E-state index in [-0.39, 0.29) is 5.56 Å². The zero-order valence-electron chi connectivity index (χ0n) is 7.32. The minimum Gasteiger partial charge on any atom is -0.295 e. The second-order valence-corrected chi connectivity index (χ2v) is 2.96. The highest BCUT2D eigenvalue weighted by atomic mass is 16.1. The van der Waals surface area contributed by atoms with Crippen molar-refractivity contribution < 1.29 is 0 Å². The molecule has 0 saturated heterocycles. The lowest BCUT2D eigenvalue weighted by Crippen LogP contribution is -2.03. The highest BCUT2D eigenvalue weighted by molar-refractivity contribution is 5.61. The first-order chi connectivity index (χ1) is 6.27. The number of nitrogens with zero attached hydrogens (tertiary/aromatic N) is 1. The summed E-state index contributed by atoms with van der Waals surface area (Å²) in [6.45, 7) is 0. The van der Waals surface area contributed by atoms with Gasteiger partial charge in [-0.05, 0) is 5.56 Å². The van der Waals surface area contributed by atoms with E-state index in [0.717, 1.165) is 5.56 Å². The fourth-order valence-corrected chi connectivity index (χ4v) is 1.33. The van der Waals surface area contributed by atoms with E-state index in [1.54, 1.807) is 17.9 Å². The van der Waals surface area contributed by atoms with Crippen LogP contribution in [0.5, 0.6) is 0 Å². The summed E-state index contributed by atoms with van der Waals surface area (Å²) in [7, 11) is 1.80. The lowest BCUT2D eigenvalue weighted by atomic mass is 10.1. The molecule has 3 nitrogen and oxygen atoms in total. The van der Waals surface area contributed by atoms with Crippen molar-refractivity contribution in [3.8, 4) is 11.1 Å². The average molecular weight is 174 g/mol. The van der Waals surface area contributed by atoms with Crippen molar-refractivity contribution in [2.45, 2.75) is 0 Å². The molecule has 0 spiro atoms. The van der Waals surface area contributed by atoms with E-state index in [1.807, 2.05) is 30.3 Å². The Balaban J connectivity index is 2.59. The Morgan fingerprint density at radius 3 is 2.46 bits per heavy atom. The number of nitrogens with one attached hydrogen (secondary N) is 1. The zero-order chi connectivity index (χ0) is 9.26. The SMILES string of the molecule is Cn1cc(-c2ccccc2)c(=O)[nH]1. The molecule has 66 valence electrons. The van der Waals surface area contributed by atoms with Gasteiger partial charge in [0.05, 0.1) is 5.56 Å². The van der Waals surface area contributed by atoms with Crippen LogP contribution in [0.25, 0.3) is 11.1 Å². The van der Waals surface area contributed by atoms with Gasteiger partial charge in [-0.15, -0.1) is 0 Å². The Labute approximate surface area is 75.6 Å². The predicted octanol–water partition coefficient (Wildman–Crippen LogP) is 1.38. The third-order valence-electron chi connectivity index (χ3n) is 1.93. The largest absolute Gasteiger partial charge is 0.295 e. The van der Waals surface area contributed by atoms with Crippen LogP contribution in [0.1, 0.15) is 0 Å². The van der Waals surface area contributed by atoms with E-state index in [9.17, 15) is 4.79 Å². The molecule has 3 heteroatoms. The lowest BCUT2D eigenvalue weighted by molar-refractivity contribution is 0.756. The monoisotopic (exact) mass is 174 g/mol. The minimum absolute atomic E-state index is 0.0475. The van der Waals surface area contributed by atoms with Gasteiger partial charge in [-0.3, -0.25) is 14.6 Å². The molecule has 0 bridgehead atoms. The number of H-pyrrole nitrogens is 1. The molecule has 1 heterocycles. The number of hydrogen-bond acceptors (Lipinski definition) is 1. The number of aryl methyl sites for hydroxylation is 1. The van der Waals surface area contributed by atoms with Gasteiger partial charge in [-0.1, -0.05) is 30.3 Å². The van der Waals surface area contributed by atoms with Crippen molar-refractivity contribution in [2.24, 2.45) is 7.05 Å². The van der Waals surface area contributed by atoms with Gasteiger partial charge < -0.3 is 0 Å². The fraction of sp³-hybridized carbons (Fsp3) is 0.100. The molecule has 1 N–H and O–H groups in total. The minimum atomic E-state index is -0.0475. The molecule has 0 amide bonds. The van der Waals surface area contributed by atoms with Gasteiger partial charge >= 0.3 is 0 Å². The van der Waals surface area contributed by atoms with Gasteiger partial charge in [0.25, 0.3) is 5.56 Å².